The van der Waals surface area contributed by atoms with Crippen molar-refractivity contribution in [2.75, 3.05) is 35.9 Å². The van der Waals surface area contributed by atoms with E-state index in [2.05, 4.69) is 15.3 Å². The lowest BCUT2D eigenvalue weighted by Crippen LogP contribution is -2.29. The summed E-state index contributed by atoms with van der Waals surface area (Å²) in [5.41, 5.74) is 16.0. The highest BCUT2D eigenvalue weighted by Crippen LogP contribution is 2.34. The van der Waals surface area contributed by atoms with Crippen LogP contribution in [0.5, 0.6) is 0 Å². The molecule has 0 saturated carbocycles. The summed E-state index contributed by atoms with van der Waals surface area (Å²) in [6.07, 6.45) is 0. The third-order valence-electron chi connectivity index (χ3n) is 4.88. The van der Waals surface area contributed by atoms with Crippen LogP contribution in [0.1, 0.15) is 11.3 Å². The summed E-state index contributed by atoms with van der Waals surface area (Å²) in [6.45, 7) is 1.45. The van der Waals surface area contributed by atoms with Crippen LogP contribution in [0, 0.1) is 0 Å². The van der Waals surface area contributed by atoms with Crippen LogP contribution in [-0.2, 0) is 21.8 Å². The summed E-state index contributed by atoms with van der Waals surface area (Å²) >= 11 is 12.1. The van der Waals surface area contributed by atoms with Crippen molar-refractivity contribution < 1.29 is 9.47 Å². The summed E-state index contributed by atoms with van der Waals surface area (Å²) < 4.78 is 11.4. The van der Waals surface area contributed by atoms with Crippen LogP contribution in [0.3, 0.4) is 0 Å². The number of benzene rings is 2. The van der Waals surface area contributed by atoms with Crippen molar-refractivity contribution in [1.82, 2.24) is 9.97 Å². The number of alkyl halides is 1. The number of nitrogens with zero attached hydrogens (tertiary/aromatic N) is 2. The quantitative estimate of drug-likeness (QED) is 0.491. The fourth-order valence-corrected chi connectivity index (χ4v) is 3.84. The summed E-state index contributed by atoms with van der Waals surface area (Å²) in [5.74, 6) is -0.213. The van der Waals surface area contributed by atoms with Gasteiger partial charge in [0.05, 0.1) is 31.3 Å². The average molecular weight is 446 g/mol. The maximum Gasteiger partial charge on any atom is 0.222 e. The Morgan fingerprint density at radius 2 is 1.63 bits per heavy atom. The standard InChI is InChI=1S/C21H21Cl2N5O2/c22-12-21(29-9-10-30-21)14-3-7-16(8-4-14)26-11-17-18(19(24)28-20(25)27-17)13-1-5-15(23)6-2-13/h1-8,26H,9-12H2,(H4,24,25,27,28). The van der Waals surface area contributed by atoms with Crippen LogP contribution in [0.15, 0.2) is 48.5 Å². The van der Waals surface area contributed by atoms with Crippen molar-refractivity contribution in [3.05, 3.63) is 64.8 Å². The average Bonchev–Trinajstić information content (AvgIpc) is 3.24. The molecular formula is C21H21Cl2N5O2. The van der Waals surface area contributed by atoms with E-state index in [1.54, 1.807) is 12.1 Å². The monoisotopic (exact) mass is 445 g/mol. The second-order valence-corrected chi connectivity index (χ2v) is 7.51. The van der Waals surface area contributed by atoms with Crippen molar-refractivity contribution in [3.8, 4) is 11.1 Å². The van der Waals surface area contributed by atoms with Crippen molar-refractivity contribution in [2.24, 2.45) is 0 Å². The van der Waals surface area contributed by atoms with Crippen molar-refractivity contribution in [3.63, 3.8) is 0 Å². The van der Waals surface area contributed by atoms with Crippen molar-refractivity contribution >= 4 is 40.7 Å². The molecular weight excluding hydrogens is 425 g/mol. The van der Waals surface area contributed by atoms with Gasteiger partial charge in [0.1, 0.15) is 5.82 Å². The molecule has 0 atom stereocenters. The van der Waals surface area contributed by atoms with E-state index in [1.807, 2.05) is 36.4 Å². The first-order valence-corrected chi connectivity index (χ1v) is 10.3. The SMILES string of the molecule is Nc1nc(N)c(-c2ccc(Cl)cc2)c(CNc2ccc(C3(CCl)OCCO3)cc2)n1. The van der Waals surface area contributed by atoms with Gasteiger partial charge in [0.25, 0.3) is 0 Å². The van der Waals surface area contributed by atoms with Gasteiger partial charge in [0.2, 0.25) is 11.7 Å². The Morgan fingerprint density at radius 3 is 2.27 bits per heavy atom. The normalized spacial score (nSPS) is 15.3. The third-order valence-corrected chi connectivity index (χ3v) is 5.48. The minimum Gasteiger partial charge on any atom is -0.383 e. The smallest absolute Gasteiger partial charge is 0.222 e. The number of ether oxygens (including phenoxy) is 2. The molecule has 2 heterocycles. The summed E-state index contributed by atoms with van der Waals surface area (Å²) in [5, 5.41) is 3.98. The van der Waals surface area contributed by atoms with E-state index in [0.29, 0.717) is 36.3 Å². The highest BCUT2D eigenvalue weighted by Gasteiger charge is 2.37. The van der Waals surface area contributed by atoms with Gasteiger partial charge in [-0.25, -0.2) is 4.98 Å². The van der Waals surface area contributed by atoms with Gasteiger partial charge in [-0.2, -0.15) is 4.98 Å². The molecule has 1 aliphatic heterocycles. The van der Waals surface area contributed by atoms with E-state index in [-0.39, 0.29) is 11.8 Å². The maximum absolute atomic E-state index is 6.15. The summed E-state index contributed by atoms with van der Waals surface area (Å²) in [6, 6.07) is 15.1. The maximum atomic E-state index is 6.15. The molecule has 30 heavy (non-hydrogen) atoms. The number of hydrogen-bond donors (Lipinski definition) is 3. The first kappa shape index (κ1) is 20.7. The summed E-state index contributed by atoms with van der Waals surface area (Å²) in [4.78, 5) is 8.49. The molecule has 1 saturated heterocycles. The zero-order chi connectivity index (χ0) is 21.1. The molecule has 3 aromatic rings. The van der Waals surface area contributed by atoms with Crippen LogP contribution < -0.4 is 16.8 Å². The predicted molar refractivity (Wildman–Crippen MR) is 119 cm³/mol. The minimum absolute atomic E-state index is 0.122. The van der Waals surface area contributed by atoms with E-state index in [1.165, 1.54) is 0 Å². The Bertz CT molecular complexity index is 1020. The number of hydrogen-bond acceptors (Lipinski definition) is 7. The van der Waals surface area contributed by atoms with Crippen LogP contribution in [0.4, 0.5) is 17.5 Å². The highest BCUT2D eigenvalue weighted by atomic mass is 35.5. The zero-order valence-electron chi connectivity index (χ0n) is 16.1. The topological polar surface area (TPSA) is 108 Å². The molecule has 156 valence electrons. The number of halogens is 2. The molecule has 0 aliphatic carbocycles. The first-order chi connectivity index (χ1) is 14.5. The van der Waals surface area contributed by atoms with Crippen LogP contribution in [-0.4, -0.2) is 29.1 Å². The molecule has 0 bridgehead atoms. The molecule has 0 radical (unpaired) electrons. The largest absolute Gasteiger partial charge is 0.383 e. The molecule has 0 spiro atoms. The van der Waals surface area contributed by atoms with E-state index < -0.39 is 5.79 Å². The molecule has 0 unspecified atom stereocenters. The lowest BCUT2D eigenvalue weighted by Gasteiger charge is -2.25. The lowest BCUT2D eigenvalue weighted by atomic mass is 10.0. The molecule has 9 heteroatoms. The number of anilines is 3. The van der Waals surface area contributed by atoms with Crippen LogP contribution >= 0.6 is 23.2 Å². The predicted octanol–water partition coefficient (Wildman–Crippen LogP) is 4.01. The number of nitrogen functional groups attached to an aromatic ring is 2. The fraction of sp³-hybridized carbons (Fsp3) is 0.238. The molecule has 1 fully saturated rings. The number of nitrogens with two attached hydrogens (primary N) is 2. The summed E-state index contributed by atoms with van der Waals surface area (Å²) in [7, 11) is 0. The molecule has 7 nitrogen and oxygen atoms in total. The molecule has 1 aliphatic rings. The van der Waals surface area contributed by atoms with Crippen LogP contribution in [0.2, 0.25) is 5.02 Å². The van der Waals surface area contributed by atoms with Crippen molar-refractivity contribution in [1.29, 1.82) is 0 Å². The molecule has 0 amide bonds. The second kappa shape index (κ2) is 8.65. The van der Waals surface area contributed by atoms with E-state index in [4.69, 9.17) is 44.1 Å². The molecule has 2 aromatic carbocycles. The Kier molecular flexibility index (Phi) is 5.97. The fourth-order valence-electron chi connectivity index (χ4n) is 3.41. The molecule has 1 aromatic heterocycles. The van der Waals surface area contributed by atoms with Gasteiger partial charge in [-0.3, -0.25) is 0 Å². The minimum atomic E-state index is -0.878. The van der Waals surface area contributed by atoms with Gasteiger partial charge >= 0.3 is 0 Å². The Balaban J connectivity index is 1.56. The van der Waals surface area contributed by atoms with E-state index in [0.717, 1.165) is 22.4 Å². The van der Waals surface area contributed by atoms with Crippen molar-refractivity contribution in [2.45, 2.75) is 12.3 Å². The van der Waals surface area contributed by atoms with Gasteiger partial charge in [-0.1, -0.05) is 35.9 Å². The highest BCUT2D eigenvalue weighted by molar-refractivity contribution is 6.30. The zero-order valence-corrected chi connectivity index (χ0v) is 17.6. The van der Waals surface area contributed by atoms with Gasteiger partial charge in [0, 0.05) is 21.8 Å². The van der Waals surface area contributed by atoms with E-state index >= 15 is 0 Å². The lowest BCUT2D eigenvalue weighted by molar-refractivity contribution is -0.146. The number of rotatable bonds is 6. The van der Waals surface area contributed by atoms with Gasteiger partial charge in [-0.15, -0.1) is 11.6 Å². The molecule has 4 rings (SSSR count). The van der Waals surface area contributed by atoms with Gasteiger partial charge in [-0.05, 0) is 29.8 Å². The molecule has 5 N–H and O–H groups in total. The number of aromatic nitrogens is 2. The second-order valence-electron chi connectivity index (χ2n) is 6.81. The van der Waals surface area contributed by atoms with Gasteiger partial charge < -0.3 is 26.3 Å². The Morgan fingerprint density at radius 1 is 0.967 bits per heavy atom. The first-order valence-electron chi connectivity index (χ1n) is 9.37. The Hall–Kier alpha value is -2.58. The third kappa shape index (κ3) is 4.15. The number of nitrogens with one attached hydrogen (secondary N) is 1. The van der Waals surface area contributed by atoms with Gasteiger partial charge in [0.15, 0.2) is 0 Å². The Labute approximate surface area is 184 Å². The van der Waals surface area contributed by atoms with Crippen LogP contribution in [0.25, 0.3) is 11.1 Å². The van der Waals surface area contributed by atoms with E-state index in [9.17, 15) is 0 Å².